The van der Waals surface area contributed by atoms with Crippen molar-refractivity contribution in [3.8, 4) is 22.8 Å². The van der Waals surface area contributed by atoms with E-state index in [-0.39, 0.29) is 0 Å². The Labute approximate surface area is 136 Å². The second kappa shape index (κ2) is 6.23. The van der Waals surface area contributed by atoms with E-state index in [1.807, 2.05) is 12.1 Å². The standard InChI is InChI=1S/C15H17BrN2O2S/c1-2-4-12-18-13(15(17)21-12)9-7-10(16)14-11(8-9)19-5-3-6-20-14/h7-8H,2-6,17H2,1H3. The number of rotatable bonds is 3. The van der Waals surface area contributed by atoms with Crippen molar-refractivity contribution in [3.63, 3.8) is 0 Å². The summed E-state index contributed by atoms with van der Waals surface area (Å²) in [4.78, 5) is 4.66. The Morgan fingerprint density at radius 2 is 2.14 bits per heavy atom. The maximum Gasteiger partial charge on any atom is 0.175 e. The van der Waals surface area contributed by atoms with Crippen molar-refractivity contribution in [2.45, 2.75) is 26.2 Å². The summed E-state index contributed by atoms with van der Waals surface area (Å²) in [7, 11) is 0. The van der Waals surface area contributed by atoms with Gasteiger partial charge in [-0.15, -0.1) is 11.3 Å². The molecule has 0 saturated heterocycles. The molecule has 0 saturated carbocycles. The Hall–Kier alpha value is -1.27. The quantitative estimate of drug-likeness (QED) is 0.878. The van der Waals surface area contributed by atoms with Gasteiger partial charge in [-0.25, -0.2) is 4.98 Å². The van der Waals surface area contributed by atoms with Gasteiger partial charge >= 0.3 is 0 Å². The summed E-state index contributed by atoms with van der Waals surface area (Å²) in [6.07, 6.45) is 2.91. The lowest BCUT2D eigenvalue weighted by atomic mass is 10.1. The molecule has 21 heavy (non-hydrogen) atoms. The third-order valence-electron chi connectivity index (χ3n) is 3.24. The van der Waals surface area contributed by atoms with Gasteiger partial charge in [-0.3, -0.25) is 0 Å². The van der Waals surface area contributed by atoms with Gasteiger partial charge in [0.15, 0.2) is 11.5 Å². The van der Waals surface area contributed by atoms with Gasteiger partial charge in [-0.2, -0.15) is 0 Å². The zero-order valence-electron chi connectivity index (χ0n) is 11.8. The lowest BCUT2D eigenvalue weighted by molar-refractivity contribution is 0.296. The van der Waals surface area contributed by atoms with Crippen LogP contribution in [0.2, 0.25) is 0 Å². The average Bonchev–Trinajstić information content (AvgIpc) is 2.68. The molecule has 2 heterocycles. The van der Waals surface area contributed by atoms with Crippen LogP contribution < -0.4 is 15.2 Å². The number of benzene rings is 1. The summed E-state index contributed by atoms with van der Waals surface area (Å²) in [5.74, 6) is 1.51. The fraction of sp³-hybridized carbons (Fsp3) is 0.400. The van der Waals surface area contributed by atoms with Gasteiger partial charge in [0.25, 0.3) is 0 Å². The Balaban J connectivity index is 2.03. The number of anilines is 1. The van der Waals surface area contributed by atoms with Crippen LogP contribution in [0.4, 0.5) is 5.00 Å². The van der Waals surface area contributed by atoms with Crippen LogP contribution in [0, 0.1) is 0 Å². The predicted octanol–water partition coefficient (Wildman–Crippen LogP) is 4.27. The maximum absolute atomic E-state index is 6.13. The Morgan fingerprint density at radius 1 is 1.33 bits per heavy atom. The second-order valence-corrected chi connectivity index (χ2v) is 6.88. The first-order chi connectivity index (χ1) is 10.2. The first-order valence-electron chi connectivity index (χ1n) is 7.03. The minimum Gasteiger partial charge on any atom is -0.489 e. The first-order valence-corrected chi connectivity index (χ1v) is 8.64. The molecule has 0 radical (unpaired) electrons. The number of aryl methyl sites for hydroxylation is 1. The van der Waals surface area contributed by atoms with Crippen LogP contribution >= 0.6 is 27.3 Å². The largest absolute Gasteiger partial charge is 0.489 e. The van der Waals surface area contributed by atoms with E-state index in [9.17, 15) is 0 Å². The van der Waals surface area contributed by atoms with Crippen molar-refractivity contribution < 1.29 is 9.47 Å². The summed E-state index contributed by atoms with van der Waals surface area (Å²) >= 11 is 5.12. The lowest BCUT2D eigenvalue weighted by Crippen LogP contribution is -1.97. The molecule has 1 aromatic heterocycles. The topological polar surface area (TPSA) is 57.4 Å². The average molecular weight is 369 g/mol. The molecule has 0 amide bonds. The van der Waals surface area contributed by atoms with Gasteiger partial charge in [0.05, 0.1) is 22.7 Å². The van der Waals surface area contributed by atoms with Crippen LogP contribution in [-0.4, -0.2) is 18.2 Å². The van der Waals surface area contributed by atoms with Crippen molar-refractivity contribution in [3.05, 3.63) is 21.6 Å². The van der Waals surface area contributed by atoms with Gasteiger partial charge in [0.1, 0.15) is 10.7 Å². The van der Waals surface area contributed by atoms with Gasteiger partial charge in [0, 0.05) is 12.0 Å². The fourth-order valence-corrected chi connectivity index (χ4v) is 3.79. The molecule has 1 aliphatic rings. The van der Waals surface area contributed by atoms with Crippen LogP contribution in [0.3, 0.4) is 0 Å². The van der Waals surface area contributed by atoms with E-state index >= 15 is 0 Å². The molecule has 0 atom stereocenters. The molecule has 1 aromatic carbocycles. The highest BCUT2D eigenvalue weighted by Gasteiger charge is 2.18. The third kappa shape index (κ3) is 3.01. The van der Waals surface area contributed by atoms with Crippen molar-refractivity contribution in [1.82, 2.24) is 4.98 Å². The van der Waals surface area contributed by atoms with Crippen LogP contribution in [-0.2, 0) is 6.42 Å². The SMILES string of the molecule is CCCc1nc(-c2cc(Br)c3c(c2)OCCCO3)c(N)s1. The number of hydrogen-bond acceptors (Lipinski definition) is 5. The minimum atomic E-state index is 0.663. The molecule has 1 aliphatic heterocycles. The Bertz CT molecular complexity index is 657. The van der Waals surface area contributed by atoms with Crippen molar-refractivity contribution in [2.24, 2.45) is 0 Å². The Kier molecular flexibility index (Phi) is 4.35. The van der Waals surface area contributed by atoms with Crippen molar-refractivity contribution >= 4 is 32.3 Å². The van der Waals surface area contributed by atoms with Crippen LogP contribution in [0.5, 0.6) is 11.5 Å². The summed E-state index contributed by atoms with van der Waals surface area (Å²) in [5, 5.41) is 1.83. The van der Waals surface area contributed by atoms with Gasteiger partial charge in [-0.1, -0.05) is 6.92 Å². The highest BCUT2D eigenvalue weighted by Crippen LogP contribution is 2.42. The van der Waals surface area contributed by atoms with Crippen molar-refractivity contribution in [2.75, 3.05) is 18.9 Å². The zero-order chi connectivity index (χ0) is 14.8. The normalized spacial score (nSPS) is 14.0. The summed E-state index contributed by atoms with van der Waals surface area (Å²) in [6, 6.07) is 3.96. The maximum atomic E-state index is 6.13. The molecule has 0 bridgehead atoms. The number of fused-ring (bicyclic) bond motifs is 1. The second-order valence-electron chi connectivity index (χ2n) is 4.91. The van der Waals surface area contributed by atoms with Crippen LogP contribution in [0.15, 0.2) is 16.6 Å². The smallest absolute Gasteiger partial charge is 0.175 e. The van der Waals surface area contributed by atoms with E-state index in [0.717, 1.165) is 56.5 Å². The number of hydrogen-bond donors (Lipinski definition) is 1. The lowest BCUT2D eigenvalue weighted by Gasteiger charge is -2.11. The predicted molar refractivity (Wildman–Crippen MR) is 89.3 cm³/mol. The van der Waals surface area contributed by atoms with Crippen LogP contribution in [0.25, 0.3) is 11.3 Å². The van der Waals surface area contributed by atoms with Crippen LogP contribution in [0.1, 0.15) is 24.8 Å². The van der Waals surface area contributed by atoms with Gasteiger partial charge in [-0.05, 0) is 40.9 Å². The summed E-state index contributed by atoms with van der Waals surface area (Å²) in [6.45, 7) is 3.47. The van der Waals surface area contributed by atoms with E-state index in [1.165, 1.54) is 0 Å². The highest BCUT2D eigenvalue weighted by molar-refractivity contribution is 9.10. The number of halogens is 1. The van der Waals surface area contributed by atoms with Gasteiger partial charge < -0.3 is 15.2 Å². The molecule has 0 aliphatic carbocycles. The molecule has 4 nitrogen and oxygen atoms in total. The number of ether oxygens (including phenoxy) is 2. The number of nitrogens with two attached hydrogens (primary N) is 1. The number of nitrogens with zero attached hydrogens (tertiary/aromatic N) is 1. The zero-order valence-corrected chi connectivity index (χ0v) is 14.2. The van der Waals surface area contributed by atoms with E-state index in [0.29, 0.717) is 13.2 Å². The number of aromatic nitrogens is 1. The number of nitrogen functional groups attached to an aromatic ring is 1. The van der Waals surface area contributed by atoms with E-state index in [1.54, 1.807) is 11.3 Å². The van der Waals surface area contributed by atoms with E-state index in [2.05, 4.69) is 27.8 Å². The molecule has 0 spiro atoms. The molecule has 0 fully saturated rings. The molecule has 112 valence electrons. The summed E-state index contributed by atoms with van der Waals surface area (Å²) in [5.41, 5.74) is 7.92. The highest BCUT2D eigenvalue weighted by atomic mass is 79.9. The first kappa shape index (κ1) is 14.7. The van der Waals surface area contributed by atoms with E-state index in [4.69, 9.17) is 15.2 Å². The molecule has 2 N–H and O–H groups in total. The van der Waals surface area contributed by atoms with Gasteiger partial charge in [0.2, 0.25) is 0 Å². The third-order valence-corrected chi connectivity index (χ3v) is 4.77. The molecule has 0 unspecified atom stereocenters. The molecule has 6 heteroatoms. The number of thiazole rings is 1. The monoisotopic (exact) mass is 368 g/mol. The Morgan fingerprint density at radius 3 is 2.95 bits per heavy atom. The molecular formula is C15H17BrN2O2S. The minimum absolute atomic E-state index is 0.663. The summed E-state index contributed by atoms with van der Waals surface area (Å²) < 4.78 is 12.4. The fourth-order valence-electron chi connectivity index (χ4n) is 2.27. The molecule has 2 aromatic rings. The van der Waals surface area contributed by atoms with E-state index < -0.39 is 0 Å². The molecule has 3 rings (SSSR count). The molecular weight excluding hydrogens is 352 g/mol. The van der Waals surface area contributed by atoms with Crippen molar-refractivity contribution in [1.29, 1.82) is 0 Å².